The minimum absolute atomic E-state index is 0.210. The average molecular weight is 398 g/mol. The van der Waals surface area contributed by atoms with E-state index >= 15 is 0 Å². The van der Waals surface area contributed by atoms with Crippen LogP contribution in [0.1, 0.15) is 36.9 Å². The first-order chi connectivity index (χ1) is 14.2. The number of hydrogen-bond acceptors (Lipinski definition) is 4. The molecule has 0 saturated heterocycles. The molecule has 0 radical (unpaired) electrons. The molecule has 0 aromatic heterocycles. The molecular formula is C23H31N3O3. The molecule has 1 aliphatic heterocycles. The minimum Gasteiger partial charge on any atom is -0.493 e. The molecule has 156 valence electrons. The number of guanidine groups is 1. The van der Waals surface area contributed by atoms with E-state index in [-0.39, 0.29) is 6.04 Å². The number of ether oxygens (including phenoxy) is 3. The van der Waals surface area contributed by atoms with E-state index in [9.17, 15) is 0 Å². The van der Waals surface area contributed by atoms with E-state index in [1.54, 1.807) is 14.2 Å². The average Bonchev–Trinajstić information content (AvgIpc) is 2.76. The summed E-state index contributed by atoms with van der Waals surface area (Å²) < 4.78 is 16.8. The minimum atomic E-state index is 0.210. The highest BCUT2D eigenvalue weighted by molar-refractivity contribution is 5.80. The summed E-state index contributed by atoms with van der Waals surface area (Å²) >= 11 is 0. The predicted molar refractivity (Wildman–Crippen MR) is 116 cm³/mol. The smallest absolute Gasteiger partial charge is 0.191 e. The standard InChI is InChI=1S/C23H31N3O3/c1-4-28-22-16-17(11-12-21(22)27-3)8-7-14-25-23(24-2)26-19-13-15-29-20-10-6-5-9-18(19)20/h5-6,9-12,16,19H,4,7-8,13-15H2,1-3H3,(H2,24,25,26). The molecule has 1 unspecified atom stereocenters. The van der Waals surface area contributed by atoms with Gasteiger partial charge in [0.2, 0.25) is 0 Å². The lowest BCUT2D eigenvalue weighted by atomic mass is 10.0. The first-order valence-corrected chi connectivity index (χ1v) is 10.2. The quantitative estimate of drug-likeness (QED) is 0.404. The Balaban J connectivity index is 1.49. The third-order valence-corrected chi connectivity index (χ3v) is 4.96. The maximum absolute atomic E-state index is 5.74. The highest BCUT2D eigenvalue weighted by Gasteiger charge is 2.21. The molecule has 0 spiro atoms. The summed E-state index contributed by atoms with van der Waals surface area (Å²) in [4.78, 5) is 4.38. The summed E-state index contributed by atoms with van der Waals surface area (Å²) in [6.45, 7) is 4.15. The van der Waals surface area contributed by atoms with Crippen molar-refractivity contribution in [3.8, 4) is 17.2 Å². The van der Waals surface area contributed by atoms with Crippen LogP contribution in [0.25, 0.3) is 0 Å². The van der Waals surface area contributed by atoms with E-state index in [1.165, 1.54) is 11.1 Å². The normalized spacial score (nSPS) is 15.8. The highest BCUT2D eigenvalue weighted by Crippen LogP contribution is 2.31. The van der Waals surface area contributed by atoms with Crippen LogP contribution in [0.15, 0.2) is 47.5 Å². The van der Waals surface area contributed by atoms with E-state index in [0.29, 0.717) is 13.2 Å². The molecule has 0 saturated carbocycles. The zero-order chi connectivity index (χ0) is 20.5. The summed E-state index contributed by atoms with van der Waals surface area (Å²) in [6.07, 6.45) is 2.86. The van der Waals surface area contributed by atoms with Crippen molar-refractivity contribution in [2.24, 2.45) is 4.99 Å². The molecule has 6 nitrogen and oxygen atoms in total. The summed E-state index contributed by atoms with van der Waals surface area (Å²) in [5.41, 5.74) is 2.42. The number of hydrogen-bond donors (Lipinski definition) is 2. The van der Waals surface area contributed by atoms with E-state index in [1.807, 2.05) is 31.2 Å². The number of fused-ring (bicyclic) bond motifs is 1. The van der Waals surface area contributed by atoms with Crippen LogP contribution >= 0.6 is 0 Å². The van der Waals surface area contributed by atoms with Gasteiger partial charge >= 0.3 is 0 Å². The maximum atomic E-state index is 5.74. The maximum Gasteiger partial charge on any atom is 0.191 e. The van der Waals surface area contributed by atoms with Crippen molar-refractivity contribution >= 4 is 5.96 Å². The Morgan fingerprint density at radius 1 is 1.21 bits per heavy atom. The largest absolute Gasteiger partial charge is 0.493 e. The number of nitrogens with one attached hydrogen (secondary N) is 2. The lowest BCUT2D eigenvalue weighted by Gasteiger charge is -2.28. The number of aryl methyl sites for hydroxylation is 1. The Bertz CT molecular complexity index is 823. The number of nitrogens with zero attached hydrogens (tertiary/aromatic N) is 1. The fraction of sp³-hybridized carbons (Fsp3) is 0.435. The highest BCUT2D eigenvalue weighted by atomic mass is 16.5. The van der Waals surface area contributed by atoms with Gasteiger partial charge in [0, 0.05) is 25.6 Å². The summed E-state index contributed by atoms with van der Waals surface area (Å²) in [7, 11) is 3.47. The zero-order valence-electron chi connectivity index (χ0n) is 17.5. The Kier molecular flexibility index (Phi) is 7.61. The topological polar surface area (TPSA) is 64.1 Å². The van der Waals surface area contributed by atoms with Gasteiger partial charge in [0.25, 0.3) is 0 Å². The molecular weight excluding hydrogens is 366 g/mol. The van der Waals surface area contributed by atoms with Gasteiger partial charge in [-0.05, 0) is 43.5 Å². The van der Waals surface area contributed by atoms with Crippen LogP contribution in [-0.4, -0.2) is 39.9 Å². The van der Waals surface area contributed by atoms with Gasteiger partial charge in [-0.2, -0.15) is 0 Å². The molecule has 2 aromatic carbocycles. The van der Waals surface area contributed by atoms with Crippen LogP contribution in [0.3, 0.4) is 0 Å². The van der Waals surface area contributed by atoms with Crippen molar-refractivity contribution in [3.05, 3.63) is 53.6 Å². The Labute approximate surface area is 173 Å². The molecule has 0 amide bonds. The third kappa shape index (κ3) is 5.56. The lowest BCUT2D eigenvalue weighted by molar-refractivity contribution is 0.261. The van der Waals surface area contributed by atoms with Crippen molar-refractivity contribution < 1.29 is 14.2 Å². The van der Waals surface area contributed by atoms with Crippen LogP contribution in [0, 0.1) is 0 Å². The Morgan fingerprint density at radius 2 is 2.07 bits per heavy atom. The van der Waals surface area contributed by atoms with Gasteiger partial charge in [-0.3, -0.25) is 4.99 Å². The second kappa shape index (κ2) is 10.6. The van der Waals surface area contributed by atoms with Gasteiger partial charge in [-0.15, -0.1) is 0 Å². The van der Waals surface area contributed by atoms with Crippen molar-refractivity contribution in [2.75, 3.05) is 33.9 Å². The number of aliphatic imine (C=N–C) groups is 1. The second-order valence-corrected chi connectivity index (χ2v) is 6.89. The first-order valence-electron chi connectivity index (χ1n) is 10.2. The second-order valence-electron chi connectivity index (χ2n) is 6.89. The summed E-state index contributed by atoms with van der Waals surface area (Å²) in [6, 6.07) is 14.5. The van der Waals surface area contributed by atoms with E-state index < -0.39 is 0 Å². The molecule has 2 N–H and O–H groups in total. The van der Waals surface area contributed by atoms with Crippen molar-refractivity contribution in [2.45, 2.75) is 32.2 Å². The summed E-state index contributed by atoms with van der Waals surface area (Å²) in [5.74, 6) is 3.35. The fourth-order valence-electron chi connectivity index (χ4n) is 3.50. The number of methoxy groups -OCH3 is 1. The van der Waals surface area contributed by atoms with E-state index in [4.69, 9.17) is 14.2 Å². The Morgan fingerprint density at radius 3 is 2.86 bits per heavy atom. The van der Waals surface area contributed by atoms with Crippen LogP contribution in [-0.2, 0) is 6.42 Å². The summed E-state index contributed by atoms with van der Waals surface area (Å²) in [5, 5.41) is 6.95. The van der Waals surface area contributed by atoms with Crippen LogP contribution in [0.2, 0.25) is 0 Å². The number of rotatable bonds is 8. The molecule has 1 aliphatic rings. The lowest BCUT2D eigenvalue weighted by Crippen LogP contribution is -2.41. The molecule has 2 aromatic rings. The SMILES string of the molecule is CCOc1cc(CCCNC(=NC)NC2CCOc3ccccc32)ccc1OC. The van der Waals surface area contributed by atoms with Crippen LogP contribution in [0.4, 0.5) is 0 Å². The molecule has 6 heteroatoms. The van der Waals surface area contributed by atoms with Gasteiger partial charge in [-0.25, -0.2) is 0 Å². The molecule has 3 rings (SSSR count). The van der Waals surface area contributed by atoms with Gasteiger partial charge < -0.3 is 24.8 Å². The molecule has 29 heavy (non-hydrogen) atoms. The Hall–Kier alpha value is -2.89. The van der Waals surface area contributed by atoms with Crippen molar-refractivity contribution in [3.63, 3.8) is 0 Å². The van der Waals surface area contributed by atoms with E-state index in [0.717, 1.165) is 49.0 Å². The molecule has 1 atom stereocenters. The predicted octanol–water partition coefficient (Wildman–Crippen LogP) is 3.72. The molecule has 1 heterocycles. The van der Waals surface area contributed by atoms with Gasteiger partial charge in [0.15, 0.2) is 17.5 Å². The van der Waals surface area contributed by atoms with Gasteiger partial charge in [-0.1, -0.05) is 24.3 Å². The first kappa shape index (κ1) is 20.8. The van der Waals surface area contributed by atoms with Crippen LogP contribution in [0.5, 0.6) is 17.2 Å². The van der Waals surface area contributed by atoms with E-state index in [2.05, 4.69) is 33.8 Å². The molecule has 0 bridgehead atoms. The number of benzene rings is 2. The van der Waals surface area contributed by atoms with Crippen LogP contribution < -0.4 is 24.8 Å². The monoisotopic (exact) mass is 397 g/mol. The zero-order valence-corrected chi connectivity index (χ0v) is 17.5. The van der Waals surface area contributed by atoms with Crippen molar-refractivity contribution in [1.29, 1.82) is 0 Å². The van der Waals surface area contributed by atoms with Gasteiger partial charge in [0.05, 0.1) is 26.4 Å². The molecule has 0 fully saturated rings. The van der Waals surface area contributed by atoms with Crippen molar-refractivity contribution in [1.82, 2.24) is 10.6 Å². The fourth-order valence-corrected chi connectivity index (χ4v) is 3.50. The third-order valence-electron chi connectivity index (χ3n) is 4.96. The molecule has 0 aliphatic carbocycles. The number of para-hydroxylation sites is 1. The van der Waals surface area contributed by atoms with Gasteiger partial charge in [0.1, 0.15) is 5.75 Å².